The van der Waals surface area contributed by atoms with Crippen LogP contribution in [-0.4, -0.2) is 23.5 Å². The smallest absolute Gasteiger partial charge is 0.316 e. The molecule has 17 heavy (non-hydrogen) atoms. The van der Waals surface area contributed by atoms with Gasteiger partial charge in [0.05, 0.1) is 0 Å². The fraction of sp³-hybridized carbons (Fsp3) is 0.273. The van der Waals surface area contributed by atoms with E-state index in [0.717, 1.165) is 0 Å². The van der Waals surface area contributed by atoms with E-state index in [-0.39, 0.29) is 12.1 Å². The summed E-state index contributed by atoms with van der Waals surface area (Å²) in [4.78, 5) is 22.3. The topological polar surface area (TPSA) is 66.4 Å². The summed E-state index contributed by atoms with van der Waals surface area (Å²) in [6.45, 7) is 0.147. The molecule has 0 spiro atoms. The summed E-state index contributed by atoms with van der Waals surface area (Å²) < 4.78 is 14.3. The van der Waals surface area contributed by atoms with E-state index in [1.807, 2.05) is 0 Å². The minimum Gasteiger partial charge on any atom is -0.481 e. The molecule has 90 valence electrons. The van der Waals surface area contributed by atoms with Crippen molar-refractivity contribution in [2.75, 3.05) is 6.54 Å². The highest BCUT2D eigenvalue weighted by Gasteiger charge is 2.42. The summed E-state index contributed by atoms with van der Waals surface area (Å²) in [5.41, 5.74) is 0.249. The Labute approximate surface area is 105 Å². The van der Waals surface area contributed by atoms with Gasteiger partial charge in [-0.15, -0.1) is 0 Å². The molecule has 6 heteroatoms. The lowest BCUT2D eigenvalue weighted by Crippen LogP contribution is -2.27. The molecule has 4 nitrogen and oxygen atoms in total. The molecule has 0 aromatic heterocycles. The molecule has 2 rings (SSSR count). The first-order chi connectivity index (χ1) is 8.00. The van der Waals surface area contributed by atoms with Crippen molar-refractivity contribution in [1.29, 1.82) is 0 Å². The molecule has 1 amide bonds. The van der Waals surface area contributed by atoms with Crippen LogP contribution in [0.1, 0.15) is 11.5 Å². The van der Waals surface area contributed by atoms with Gasteiger partial charge >= 0.3 is 5.97 Å². The largest absolute Gasteiger partial charge is 0.481 e. The monoisotopic (exact) mass is 301 g/mol. The van der Waals surface area contributed by atoms with Gasteiger partial charge in [0, 0.05) is 16.9 Å². The first kappa shape index (κ1) is 12.0. The van der Waals surface area contributed by atoms with Crippen LogP contribution in [0.25, 0.3) is 0 Å². The average molecular weight is 302 g/mol. The number of benzene rings is 1. The van der Waals surface area contributed by atoms with Gasteiger partial charge in [0.2, 0.25) is 5.91 Å². The van der Waals surface area contributed by atoms with Crippen LogP contribution in [0.3, 0.4) is 0 Å². The van der Waals surface area contributed by atoms with Crippen molar-refractivity contribution >= 4 is 27.8 Å². The third-order valence-corrected chi connectivity index (χ3v) is 3.30. The Morgan fingerprint density at radius 1 is 1.53 bits per heavy atom. The second-order valence-electron chi connectivity index (χ2n) is 3.83. The summed E-state index contributed by atoms with van der Waals surface area (Å²) in [6, 6.07) is 4.39. The molecule has 2 atom stereocenters. The van der Waals surface area contributed by atoms with Crippen LogP contribution in [0.4, 0.5) is 4.39 Å². The van der Waals surface area contributed by atoms with Crippen molar-refractivity contribution in [2.24, 2.45) is 5.92 Å². The number of carbonyl (C=O) groups excluding carboxylic acids is 1. The Morgan fingerprint density at radius 2 is 2.24 bits per heavy atom. The Morgan fingerprint density at radius 3 is 2.82 bits per heavy atom. The Bertz CT molecular complexity index is 492. The van der Waals surface area contributed by atoms with E-state index < -0.39 is 29.5 Å². The van der Waals surface area contributed by atoms with Gasteiger partial charge in [0.15, 0.2) is 0 Å². The number of hydrogen-bond donors (Lipinski definition) is 2. The van der Waals surface area contributed by atoms with Crippen LogP contribution < -0.4 is 5.32 Å². The van der Waals surface area contributed by atoms with E-state index in [9.17, 15) is 14.0 Å². The quantitative estimate of drug-likeness (QED) is 0.814. The number of carboxylic acids is 1. The van der Waals surface area contributed by atoms with Crippen LogP contribution in [0, 0.1) is 11.7 Å². The molecule has 0 unspecified atom stereocenters. The summed E-state index contributed by atoms with van der Waals surface area (Å²) in [7, 11) is 0. The summed E-state index contributed by atoms with van der Waals surface area (Å²) >= 11 is 3.12. The lowest BCUT2D eigenvalue weighted by molar-refractivity contribution is -0.145. The van der Waals surface area contributed by atoms with E-state index >= 15 is 0 Å². The highest BCUT2D eigenvalue weighted by Crippen LogP contribution is 2.32. The summed E-state index contributed by atoms with van der Waals surface area (Å²) in [5.74, 6) is -4.18. The Balaban J connectivity index is 2.39. The van der Waals surface area contributed by atoms with Gasteiger partial charge in [-0.2, -0.15) is 0 Å². The normalized spacial score (nSPS) is 23.5. The fourth-order valence-electron chi connectivity index (χ4n) is 2.00. The van der Waals surface area contributed by atoms with Crippen LogP contribution in [0.15, 0.2) is 22.7 Å². The maximum absolute atomic E-state index is 13.7. The van der Waals surface area contributed by atoms with E-state index in [1.54, 1.807) is 6.07 Å². The second kappa shape index (κ2) is 4.44. The lowest BCUT2D eigenvalue weighted by Gasteiger charge is -2.14. The Hall–Kier alpha value is -1.43. The Kier molecular flexibility index (Phi) is 3.15. The number of rotatable bonds is 2. The summed E-state index contributed by atoms with van der Waals surface area (Å²) in [5, 5.41) is 11.4. The zero-order valence-electron chi connectivity index (χ0n) is 8.61. The molecule has 1 saturated heterocycles. The van der Waals surface area contributed by atoms with Gasteiger partial charge in [-0.3, -0.25) is 9.59 Å². The van der Waals surface area contributed by atoms with Gasteiger partial charge in [0.25, 0.3) is 0 Å². The van der Waals surface area contributed by atoms with Crippen molar-refractivity contribution in [2.45, 2.75) is 5.92 Å². The second-order valence-corrected chi connectivity index (χ2v) is 4.75. The van der Waals surface area contributed by atoms with Crippen LogP contribution in [-0.2, 0) is 9.59 Å². The first-order valence-electron chi connectivity index (χ1n) is 4.96. The third kappa shape index (κ3) is 2.17. The zero-order chi connectivity index (χ0) is 12.6. The number of halogens is 2. The third-order valence-electron chi connectivity index (χ3n) is 2.81. The molecule has 0 bridgehead atoms. The molecular formula is C11H9BrFNO3. The molecule has 0 saturated carbocycles. The number of hydrogen-bond acceptors (Lipinski definition) is 2. The number of aliphatic carboxylic acids is 1. The lowest BCUT2D eigenvalue weighted by atomic mass is 9.88. The maximum Gasteiger partial charge on any atom is 0.316 e. The van der Waals surface area contributed by atoms with E-state index in [1.165, 1.54) is 12.1 Å². The molecule has 1 heterocycles. The summed E-state index contributed by atoms with van der Waals surface area (Å²) in [6.07, 6.45) is 0. The van der Waals surface area contributed by atoms with Crippen LogP contribution in [0.5, 0.6) is 0 Å². The molecule has 1 aliphatic heterocycles. The number of carboxylic acid groups (broad SMARTS) is 1. The van der Waals surface area contributed by atoms with Gasteiger partial charge in [0.1, 0.15) is 11.7 Å². The molecule has 1 fully saturated rings. The highest BCUT2D eigenvalue weighted by atomic mass is 79.9. The van der Waals surface area contributed by atoms with Gasteiger partial charge in [-0.25, -0.2) is 4.39 Å². The molecule has 2 N–H and O–H groups in total. The number of amides is 1. The van der Waals surface area contributed by atoms with E-state index in [2.05, 4.69) is 21.2 Å². The number of carbonyl (C=O) groups is 2. The molecule has 0 aliphatic carbocycles. The molecule has 1 aromatic carbocycles. The molecule has 0 radical (unpaired) electrons. The molecule has 1 aliphatic rings. The van der Waals surface area contributed by atoms with E-state index in [0.29, 0.717) is 4.47 Å². The van der Waals surface area contributed by atoms with Crippen LogP contribution in [0.2, 0.25) is 0 Å². The van der Waals surface area contributed by atoms with Gasteiger partial charge < -0.3 is 10.4 Å². The van der Waals surface area contributed by atoms with Crippen molar-refractivity contribution in [3.05, 3.63) is 34.1 Å². The zero-order valence-corrected chi connectivity index (χ0v) is 10.2. The van der Waals surface area contributed by atoms with Gasteiger partial charge in [-0.1, -0.05) is 22.0 Å². The van der Waals surface area contributed by atoms with E-state index in [4.69, 9.17) is 5.11 Å². The SMILES string of the molecule is O=C(O)[C@@H]1C(=O)NC[C@H]1c1ccc(Br)cc1F. The van der Waals surface area contributed by atoms with Crippen molar-refractivity contribution in [3.8, 4) is 0 Å². The fourth-order valence-corrected chi connectivity index (χ4v) is 2.33. The molecule has 1 aromatic rings. The van der Waals surface area contributed by atoms with Crippen molar-refractivity contribution < 1.29 is 19.1 Å². The average Bonchev–Trinajstić information content (AvgIpc) is 2.60. The predicted molar refractivity (Wildman–Crippen MR) is 61.0 cm³/mol. The minimum atomic E-state index is -1.23. The maximum atomic E-state index is 13.7. The number of nitrogens with one attached hydrogen (secondary N) is 1. The highest BCUT2D eigenvalue weighted by molar-refractivity contribution is 9.10. The van der Waals surface area contributed by atoms with Gasteiger partial charge in [-0.05, 0) is 17.7 Å². The van der Waals surface area contributed by atoms with Crippen molar-refractivity contribution in [3.63, 3.8) is 0 Å². The standard InChI is InChI=1S/C11H9BrFNO3/c12-5-1-2-6(8(13)3-5)7-4-14-10(15)9(7)11(16)17/h1-3,7,9H,4H2,(H,14,15)(H,16,17)/t7-,9-/m0/s1. The van der Waals surface area contributed by atoms with Crippen LogP contribution >= 0.6 is 15.9 Å². The van der Waals surface area contributed by atoms with Crippen molar-refractivity contribution in [1.82, 2.24) is 5.32 Å². The minimum absolute atomic E-state index is 0.147. The first-order valence-corrected chi connectivity index (χ1v) is 5.75. The molecular weight excluding hydrogens is 293 g/mol. The predicted octanol–water partition coefficient (Wildman–Crippen LogP) is 1.50.